The van der Waals surface area contributed by atoms with Crippen LogP contribution in [-0.2, 0) is 31.6 Å². The molecular weight excluding hydrogens is 591 g/mol. The molecular formula is C35H41FN2O6Si. The normalized spacial score (nSPS) is 12.0. The fourth-order valence-electron chi connectivity index (χ4n) is 5.70. The van der Waals surface area contributed by atoms with E-state index in [0.29, 0.717) is 18.6 Å². The van der Waals surface area contributed by atoms with Crippen LogP contribution in [0.4, 0.5) is 4.39 Å². The molecule has 0 amide bonds. The number of aromatic nitrogens is 2. The summed E-state index contributed by atoms with van der Waals surface area (Å²) in [6.07, 6.45) is -0.0443. The zero-order valence-electron chi connectivity index (χ0n) is 26.7. The molecule has 0 fully saturated rings. The molecule has 0 aliphatic rings. The maximum absolute atomic E-state index is 13.9. The highest BCUT2D eigenvalue weighted by molar-refractivity contribution is 6.99. The lowest BCUT2D eigenvalue weighted by Crippen LogP contribution is -2.66. The zero-order chi connectivity index (χ0) is 32.6. The molecule has 4 rings (SSSR count). The number of hydrogen-bond donors (Lipinski definition) is 0. The Labute approximate surface area is 264 Å². The molecule has 0 atom stereocenters. The first kappa shape index (κ1) is 33.9. The molecule has 0 saturated carbocycles. The predicted molar refractivity (Wildman–Crippen MR) is 175 cm³/mol. The van der Waals surface area contributed by atoms with E-state index in [0.717, 1.165) is 10.4 Å². The molecule has 0 bridgehead atoms. The quantitative estimate of drug-likeness (QED) is 0.0891. The second-order valence-electron chi connectivity index (χ2n) is 11.7. The van der Waals surface area contributed by atoms with Crippen molar-refractivity contribution >= 4 is 24.7 Å². The lowest BCUT2D eigenvalue weighted by molar-refractivity contribution is -0.111. The van der Waals surface area contributed by atoms with Crippen molar-refractivity contribution in [2.45, 2.75) is 51.5 Å². The van der Waals surface area contributed by atoms with Gasteiger partial charge in [0.25, 0.3) is 13.9 Å². The molecule has 0 aliphatic carbocycles. The van der Waals surface area contributed by atoms with Gasteiger partial charge in [-0.25, -0.2) is 14.2 Å². The highest BCUT2D eigenvalue weighted by atomic mass is 28.4. The number of hydrogen-bond acceptors (Lipinski definition) is 7. The number of carbonyl (C=O) groups is 1. The highest BCUT2D eigenvalue weighted by Gasteiger charge is 2.50. The van der Waals surface area contributed by atoms with E-state index in [4.69, 9.17) is 23.6 Å². The summed E-state index contributed by atoms with van der Waals surface area (Å²) in [4.78, 5) is 31.7. The van der Waals surface area contributed by atoms with Gasteiger partial charge in [0.05, 0.1) is 19.3 Å². The third-order valence-electron chi connectivity index (χ3n) is 7.89. The standard InChI is InChI=1S/C35H41FN2O6Si/c1-35(2,3)45(27-14-9-7-10-15-27,28-16-11-8-12-17-28)44-23-13-18-29-31(34(40)43-6)33(39)38(24-30(41-4)42-5)32(37-29)25-19-21-26(36)22-20-25/h7-12,14-17,19-22,30H,13,18,23-24H2,1-6H3. The molecule has 238 valence electrons. The van der Waals surface area contributed by atoms with Crippen LogP contribution in [0, 0.1) is 5.82 Å². The molecule has 8 nitrogen and oxygen atoms in total. The molecule has 0 spiro atoms. The SMILES string of the molecule is COC(=O)c1c(CCCO[Si](c2ccccc2)(c2ccccc2)C(C)(C)C)nc(-c2ccc(F)cc2)n(CC(OC)OC)c1=O. The topological polar surface area (TPSA) is 88.9 Å². The number of aryl methyl sites for hydroxylation is 1. The molecule has 0 radical (unpaired) electrons. The predicted octanol–water partition coefficient (Wildman–Crippen LogP) is 4.96. The fourth-order valence-corrected chi connectivity index (χ4v) is 10.3. The minimum absolute atomic E-state index is 0.0488. The number of nitrogens with zero attached hydrogens (tertiary/aromatic N) is 2. The molecule has 1 aromatic heterocycles. The molecule has 4 aromatic rings. The van der Waals surface area contributed by atoms with Gasteiger partial charge in [0.1, 0.15) is 17.2 Å². The summed E-state index contributed by atoms with van der Waals surface area (Å²) in [5, 5.41) is 2.11. The Kier molecular flexibility index (Phi) is 11.2. The van der Waals surface area contributed by atoms with E-state index in [-0.39, 0.29) is 35.1 Å². The van der Waals surface area contributed by atoms with Crippen LogP contribution in [0.5, 0.6) is 0 Å². The van der Waals surface area contributed by atoms with Crippen molar-refractivity contribution < 1.29 is 27.8 Å². The van der Waals surface area contributed by atoms with Crippen LogP contribution in [0.15, 0.2) is 89.7 Å². The number of benzene rings is 3. The number of rotatable bonds is 13. The Morgan fingerprint density at radius 1 is 0.889 bits per heavy atom. The van der Waals surface area contributed by atoms with Crippen LogP contribution in [0.25, 0.3) is 11.4 Å². The molecule has 0 N–H and O–H groups in total. The molecule has 0 unspecified atom stereocenters. The minimum atomic E-state index is -2.79. The Morgan fingerprint density at radius 3 is 1.93 bits per heavy atom. The Bertz CT molecular complexity index is 1580. The smallest absolute Gasteiger partial charge is 0.345 e. The van der Waals surface area contributed by atoms with Crippen LogP contribution in [0.3, 0.4) is 0 Å². The van der Waals surface area contributed by atoms with Crippen LogP contribution < -0.4 is 15.9 Å². The molecule has 45 heavy (non-hydrogen) atoms. The van der Waals surface area contributed by atoms with Crippen molar-refractivity contribution in [3.05, 3.63) is 112 Å². The molecule has 10 heteroatoms. The van der Waals surface area contributed by atoms with Crippen molar-refractivity contribution in [1.82, 2.24) is 9.55 Å². The van der Waals surface area contributed by atoms with Crippen LogP contribution >= 0.6 is 0 Å². The van der Waals surface area contributed by atoms with Crippen LogP contribution in [0.1, 0.15) is 43.2 Å². The largest absolute Gasteiger partial charge is 0.465 e. The van der Waals surface area contributed by atoms with Gasteiger partial charge in [-0.3, -0.25) is 9.36 Å². The van der Waals surface area contributed by atoms with Gasteiger partial charge in [-0.05, 0) is 52.5 Å². The second-order valence-corrected chi connectivity index (χ2v) is 16.0. The van der Waals surface area contributed by atoms with Gasteiger partial charge in [0.15, 0.2) is 6.29 Å². The molecule has 1 heterocycles. The number of esters is 1. The average Bonchev–Trinajstić information content (AvgIpc) is 3.04. The van der Waals surface area contributed by atoms with Crippen molar-refractivity contribution in [3.63, 3.8) is 0 Å². The van der Waals surface area contributed by atoms with E-state index < -0.39 is 32.0 Å². The molecule has 0 saturated heterocycles. The Morgan fingerprint density at radius 2 is 1.44 bits per heavy atom. The number of ether oxygens (including phenoxy) is 3. The first-order valence-electron chi connectivity index (χ1n) is 14.9. The number of carbonyl (C=O) groups excluding carboxylic acids is 1. The highest BCUT2D eigenvalue weighted by Crippen LogP contribution is 2.37. The Balaban J connectivity index is 1.75. The van der Waals surface area contributed by atoms with E-state index >= 15 is 0 Å². The molecule has 3 aromatic carbocycles. The zero-order valence-corrected chi connectivity index (χ0v) is 27.7. The summed E-state index contributed by atoms with van der Waals surface area (Å²) in [5.74, 6) is -0.956. The van der Waals surface area contributed by atoms with E-state index in [9.17, 15) is 14.0 Å². The molecule has 0 aliphatic heterocycles. The Hall–Kier alpha value is -3.96. The van der Waals surface area contributed by atoms with Crippen molar-refractivity contribution in [1.29, 1.82) is 0 Å². The number of halogens is 1. The van der Waals surface area contributed by atoms with Gasteiger partial charge in [0, 0.05) is 26.4 Å². The van der Waals surface area contributed by atoms with Gasteiger partial charge in [0.2, 0.25) is 0 Å². The van der Waals surface area contributed by atoms with Gasteiger partial charge < -0.3 is 18.6 Å². The third-order valence-corrected chi connectivity index (χ3v) is 12.9. The summed E-state index contributed by atoms with van der Waals surface area (Å²) in [6, 6.07) is 26.3. The minimum Gasteiger partial charge on any atom is -0.465 e. The third kappa shape index (κ3) is 7.31. The average molecular weight is 633 g/mol. The van der Waals surface area contributed by atoms with E-state index in [1.54, 1.807) is 0 Å². The first-order valence-corrected chi connectivity index (χ1v) is 16.8. The second kappa shape index (κ2) is 14.9. The van der Waals surface area contributed by atoms with E-state index in [2.05, 4.69) is 45.0 Å². The lowest BCUT2D eigenvalue weighted by atomic mass is 10.1. The summed E-state index contributed by atoms with van der Waals surface area (Å²) in [6.45, 7) is 6.93. The van der Waals surface area contributed by atoms with Crippen LogP contribution in [-0.4, -0.2) is 58.1 Å². The summed E-state index contributed by atoms with van der Waals surface area (Å²) >= 11 is 0. The van der Waals surface area contributed by atoms with Gasteiger partial charge >= 0.3 is 5.97 Å². The first-order chi connectivity index (χ1) is 21.6. The van der Waals surface area contributed by atoms with Gasteiger partial charge in [-0.1, -0.05) is 81.4 Å². The maximum atomic E-state index is 13.9. The summed E-state index contributed by atoms with van der Waals surface area (Å²) < 4.78 is 37.8. The van der Waals surface area contributed by atoms with Crippen molar-refractivity contribution in [2.75, 3.05) is 27.9 Å². The van der Waals surface area contributed by atoms with E-state index in [1.165, 1.54) is 50.2 Å². The van der Waals surface area contributed by atoms with Gasteiger partial charge in [-0.2, -0.15) is 0 Å². The van der Waals surface area contributed by atoms with Gasteiger partial charge in [-0.15, -0.1) is 0 Å². The van der Waals surface area contributed by atoms with Crippen LogP contribution in [0.2, 0.25) is 5.04 Å². The fraction of sp³-hybridized carbons (Fsp3) is 0.343. The lowest BCUT2D eigenvalue weighted by Gasteiger charge is -2.43. The summed E-state index contributed by atoms with van der Waals surface area (Å²) in [7, 11) is 1.34. The maximum Gasteiger partial charge on any atom is 0.345 e. The van der Waals surface area contributed by atoms with E-state index in [1.807, 2.05) is 36.4 Å². The summed E-state index contributed by atoms with van der Waals surface area (Å²) in [5.41, 5.74) is 0.0125. The number of methoxy groups -OCH3 is 3. The van der Waals surface area contributed by atoms with Crippen molar-refractivity contribution in [2.24, 2.45) is 0 Å². The van der Waals surface area contributed by atoms with Crippen molar-refractivity contribution in [3.8, 4) is 11.4 Å². The monoisotopic (exact) mass is 632 g/mol.